The number of ether oxygens (including phenoxy) is 1. The molecule has 2 unspecified atom stereocenters. The molecule has 110 valence electrons. The van der Waals surface area contributed by atoms with Crippen LogP contribution in [0, 0.1) is 5.92 Å². The molecule has 0 bridgehead atoms. The Balaban J connectivity index is 1.77. The quantitative estimate of drug-likeness (QED) is 0.781. The maximum atomic E-state index is 12.0. The van der Waals surface area contributed by atoms with Gasteiger partial charge in [-0.1, -0.05) is 37.3 Å². The predicted octanol–water partition coefficient (Wildman–Crippen LogP) is 2.80. The summed E-state index contributed by atoms with van der Waals surface area (Å²) in [6, 6.07) is 10.4. The smallest absolute Gasteiger partial charge is 0.310 e. The number of carbonyl (C=O) groups excluding carboxylic acids is 1. The lowest BCUT2D eigenvalue weighted by atomic mass is 10.1. The maximum Gasteiger partial charge on any atom is 0.310 e. The van der Waals surface area contributed by atoms with Crippen molar-refractivity contribution in [2.75, 3.05) is 24.6 Å². The van der Waals surface area contributed by atoms with Gasteiger partial charge in [-0.3, -0.25) is 9.69 Å². The van der Waals surface area contributed by atoms with E-state index in [9.17, 15) is 4.79 Å². The largest absolute Gasteiger partial charge is 0.461 e. The maximum absolute atomic E-state index is 12.0. The minimum Gasteiger partial charge on any atom is -0.461 e. The Labute approximate surface area is 125 Å². The summed E-state index contributed by atoms with van der Waals surface area (Å²) in [7, 11) is 0. The van der Waals surface area contributed by atoms with Gasteiger partial charge in [-0.05, 0) is 12.5 Å². The summed E-state index contributed by atoms with van der Waals surface area (Å²) in [6.07, 6.45) is 0. The number of thioether (sulfide) groups is 1. The highest BCUT2D eigenvalue weighted by Gasteiger charge is 2.24. The number of hydrogen-bond acceptors (Lipinski definition) is 4. The van der Waals surface area contributed by atoms with Gasteiger partial charge in [0.2, 0.25) is 0 Å². The molecule has 0 radical (unpaired) electrons. The van der Waals surface area contributed by atoms with Gasteiger partial charge in [0.05, 0.1) is 5.92 Å². The fourth-order valence-corrected chi connectivity index (χ4v) is 3.41. The summed E-state index contributed by atoms with van der Waals surface area (Å²) < 4.78 is 5.40. The van der Waals surface area contributed by atoms with E-state index in [1.807, 2.05) is 49.0 Å². The van der Waals surface area contributed by atoms with Gasteiger partial charge in [0, 0.05) is 30.6 Å². The first-order valence-electron chi connectivity index (χ1n) is 7.19. The zero-order valence-corrected chi connectivity index (χ0v) is 13.1. The topological polar surface area (TPSA) is 29.5 Å². The van der Waals surface area contributed by atoms with E-state index in [0.717, 1.165) is 30.2 Å². The fourth-order valence-electron chi connectivity index (χ4n) is 2.33. The van der Waals surface area contributed by atoms with Gasteiger partial charge in [-0.2, -0.15) is 11.8 Å². The third-order valence-corrected chi connectivity index (χ3v) is 4.83. The monoisotopic (exact) mass is 293 g/mol. The number of nitrogens with zero attached hydrogens (tertiary/aromatic N) is 1. The molecule has 1 aromatic rings. The second-order valence-corrected chi connectivity index (χ2v) is 6.56. The van der Waals surface area contributed by atoms with Gasteiger partial charge in [-0.15, -0.1) is 0 Å². The average Bonchev–Trinajstić information content (AvgIpc) is 2.48. The predicted molar refractivity (Wildman–Crippen MR) is 83.8 cm³/mol. The van der Waals surface area contributed by atoms with Crippen molar-refractivity contribution in [3.8, 4) is 0 Å². The molecule has 20 heavy (non-hydrogen) atoms. The van der Waals surface area contributed by atoms with Gasteiger partial charge in [0.15, 0.2) is 0 Å². The first-order chi connectivity index (χ1) is 9.66. The van der Waals surface area contributed by atoms with E-state index in [0.29, 0.717) is 12.6 Å². The van der Waals surface area contributed by atoms with Crippen LogP contribution < -0.4 is 0 Å². The highest BCUT2D eigenvalue weighted by atomic mass is 32.2. The molecule has 1 saturated heterocycles. The van der Waals surface area contributed by atoms with Crippen LogP contribution in [0.5, 0.6) is 0 Å². The molecule has 0 N–H and O–H groups in total. The van der Waals surface area contributed by atoms with E-state index in [4.69, 9.17) is 4.74 Å². The molecule has 0 saturated carbocycles. The SMILES string of the molecule is CC(CN1CCSCC1C)C(=O)OCc1ccccc1. The number of hydrogen-bond donors (Lipinski definition) is 0. The minimum atomic E-state index is -0.0979. The number of esters is 1. The molecule has 3 nitrogen and oxygen atoms in total. The summed E-state index contributed by atoms with van der Waals surface area (Å²) in [5, 5.41) is 0. The van der Waals surface area contributed by atoms with Crippen molar-refractivity contribution in [1.82, 2.24) is 4.90 Å². The summed E-state index contributed by atoms with van der Waals surface area (Å²) in [5.74, 6) is 2.16. The first-order valence-corrected chi connectivity index (χ1v) is 8.34. The van der Waals surface area contributed by atoms with Crippen LogP contribution in [0.3, 0.4) is 0 Å². The molecule has 1 aliphatic rings. The third kappa shape index (κ3) is 4.53. The summed E-state index contributed by atoms with van der Waals surface area (Å²) >= 11 is 1.99. The molecule has 1 fully saturated rings. The summed E-state index contributed by atoms with van der Waals surface area (Å²) in [4.78, 5) is 14.4. The highest BCUT2D eigenvalue weighted by molar-refractivity contribution is 7.99. The molecule has 0 aromatic heterocycles. The Morgan fingerprint density at radius 1 is 1.45 bits per heavy atom. The molecule has 2 atom stereocenters. The number of benzene rings is 1. The molecule has 0 aliphatic carbocycles. The standard InChI is InChI=1S/C16H23NO2S/c1-13(10-17-8-9-20-12-14(17)2)16(18)19-11-15-6-4-3-5-7-15/h3-7,13-14H,8-12H2,1-2H3. The van der Waals surface area contributed by atoms with Gasteiger partial charge >= 0.3 is 5.97 Å². The molecular weight excluding hydrogens is 270 g/mol. The number of rotatable bonds is 5. The van der Waals surface area contributed by atoms with E-state index >= 15 is 0 Å². The lowest BCUT2D eigenvalue weighted by molar-refractivity contribution is -0.150. The van der Waals surface area contributed by atoms with Crippen molar-refractivity contribution in [3.05, 3.63) is 35.9 Å². The van der Waals surface area contributed by atoms with E-state index in [1.54, 1.807) is 0 Å². The Morgan fingerprint density at radius 2 is 2.20 bits per heavy atom. The van der Waals surface area contributed by atoms with Gasteiger partial charge in [-0.25, -0.2) is 0 Å². The second-order valence-electron chi connectivity index (χ2n) is 5.41. The van der Waals surface area contributed by atoms with Gasteiger partial charge in [0.1, 0.15) is 6.61 Å². The zero-order valence-electron chi connectivity index (χ0n) is 12.2. The van der Waals surface area contributed by atoms with Gasteiger partial charge < -0.3 is 4.74 Å². The van der Waals surface area contributed by atoms with Crippen molar-refractivity contribution in [2.45, 2.75) is 26.5 Å². The van der Waals surface area contributed by atoms with E-state index in [-0.39, 0.29) is 11.9 Å². The van der Waals surface area contributed by atoms with Crippen molar-refractivity contribution in [3.63, 3.8) is 0 Å². The highest BCUT2D eigenvalue weighted by Crippen LogP contribution is 2.17. The van der Waals surface area contributed by atoms with Crippen molar-refractivity contribution in [1.29, 1.82) is 0 Å². The molecule has 1 aliphatic heterocycles. The lowest BCUT2D eigenvalue weighted by Gasteiger charge is -2.34. The summed E-state index contributed by atoms with van der Waals surface area (Å²) in [6.45, 7) is 6.43. The van der Waals surface area contributed by atoms with Crippen LogP contribution in [0.25, 0.3) is 0 Å². The van der Waals surface area contributed by atoms with Crippen LogP contribution in [0.2, 0.25) is 0 Å². The van der Waals surface area contributed by atoms with Crippen LogP contribution in [0.15, 0.2) is 30.3 Å². The molecule has 4 heteroatoms. The third-order valence-electron chi connectivity index (χ3n) is 3.64. The van der Waals surface area contributed by atoms with Crippen molar-refractivity contribution < 1.29 is 9.53 Å². The van der Waals surface area contributed by atoms with Crippen LogP contribution >= 0.6 is 11.8 Å². The Bertz CT molecular complexity index is 424. The molecular formula is C16H23NO2S. The van der Waals surface area contributed by atoms with Crippen molar-refractivity contribution >= 4 is 17.7 Å². The average molecular weight is 293 g/mol. The Kier molecular flexibility index (Phi) is 5.92. The molecule has 0 amide bonds. The van der Waals surface area contributed by atoms with Crippen LogP contribution in [-0.2, 0) is 16.1 Å². The minimum absolute atomic E-state index is 0.0655. The Morgan fingerprint density at radius 3 is 2.90 bits per heavy atom. The molecule has 0 spiro atoms. The van der Waals surface area contributed by atoms with E-state index in [1.165, 1.54) is 0 Å². The summed E-state index contributed by atoms with van der Waals surface area (Å²) in [5.41, 5.74) is 1.04. The van der Waals surface area contributed by atoms with Gasteiger partial charge in [0.25, 0.3) is 0 Å². The normalized spacial score (nSPS) is 21.4. The van der Waals surface area contributed by atoms with Crippen LogP contribution in [0.1, 0.15) is 19.4 Å². The van der Waals surface area contributed by atoms with Crippen molar-refractivity contribution in [2.24, 2.45) is 5.92 Å². The lowest BCUT2D eigenvalue weighted by Crippen LogP contribution is -2.44. The fraction of sp³-hybridized carbons (Fsp3) is 0.562. The van der Waals surface area contributed by atoms with E-state index in [2.05, 4.69) is 11.8 Å². The second kappa shape index (κ2) is 7.70. The molecule has 1 heterocycles. The zero-order chi connectivity index (χ0) is 14.4. The molecule has 1 aromatic carbocycles. The first kappa shape index (κ1) is 15.4. The van der Waals surface area contributed by atoms with Crippen LogP contribution in [0.4, 0.5) is 0 Å². The molecule has 2 rings (SSSR count). The Hall–Kier alpha value is -1.00. The van der Waals surface area contributed by atoms with Crippen LogP contribution in [-0.4, -0.2) is 41.5 Å². The number of carbonyl (C=O) groups is 1. The van der Waals surface area contributed by atoms with E-state index < -0.39 is 0 Å².